The fourth-order valence-electron chi connectivity index (χ4n) is 2.21. The SMILES string of the molecule is CCCCNC(=O)N(C(=O)O)C1CCCCC1. The van der Waals surface area contributed by atoms with E-state index >= 15 is 0 Å². The van der Waals surface area contributed by atoms with Gasteiger partial charge in [0, 0.05) is 12.6 Å². The number of carbonyl (C=O) groups excluding carboxylic acids is 1. The number of amides is 3. The summed E-state index contributed by atoms with van der Waals surface area (Å²) in [4.78, 5) is 23.9. The summed E-state index contributed by atoms with van der Waals surface area (Å²) in [6, 6.07) is -0.597. The van der Waals surface area contributed by atoms with Gasteiger partial charge in [-0.15, -0.1) is 0 Å². The molecule has 0 heterocycles. The van der Waals surface area contributed by atoms with E-state index in [1.54, 1.807) is 0 Å². The second-order valence-corrected chi connectivity index (χ2v) is 4.53. The predicted octanol–water partition coefficient (Wildman–Crippen LogP) is 2.81. The zero-order valence-electron chi connectivity index (χ0n) is 10.4. The van der Waals surface area contributed by atoms with Crippen molar-refractivity contribution in [1.82, 2.24) is 10.2 Å². The molecule has 0 aromatic carbocycles. The Hall–Kier alpha value is -1.26. The van der Waals surface area contributed by atoms with E-state index in [2.05, 4.69) is 5.32 Å². The third-order valence-electron chi connectivity index (χ3n) is 3.17. The standard InChI is InChI=1S/C12H22N2O3/c1-2-3-9-13-11(15)14(12(16)17)10-7-5-4-6-8-10/h10H,2-9H2,1H3,(H,13,15)(H,16,17). The lowest BCUT2D eigenvalue weighted by Gasteiger charge is -2.30. The normalized spacial score (nSPS) is 16.5. The van der Waals surface area contributed by atoms with Gasteiger partial charge in [0.1, 0.15) is 0 Å². The van der Waals surface area contributed by atoms with Gasteiger partial charge in [-0.1, -0.05) is 32.6 Å². The Bertz CT molecular complexity index is 262. The summed E-state index contributed by atoms with van der Waals surface area (Å²) in [5, 5.41) is 11.8. The minimum atomic E-state index is -1.13. The first-order valence-corrected chi connectivity index (χ1v) is 6.46. The van der Waals surface area contributed by atoms with Gasteiger partial charge in [-0.3, -0.25) is 0 Å². The Kier molecular flexibility index (Phi) is 5.80. The van der Waals surface area contributed by atoms with E-state index in [1.807, 2.05) is 6.92 Å². The third kappa shape index (κ3) is 4.24. The molecule has 0 aromatic rings. The Balaban J connectivity index is 2.51. The molecule has 0 atom stereocenters. The number of unbranched alkanes of at least 4 members (excludes halogenated alkanes) is 1. The maximum absolute atomic E-state index is 11.8. The van der Waals surface area contributed by atoms with E-state index < -0.39 is 12.1 Å². The summed E-state index contributed by atoms with van der Waals surface area (Å²) in [6.07, 6.45) is 5.49. The zero-order chi connectivity index (χ0) is 12.7. The predicted molar refractivity (Wildman–Crippen MR) is 65.0 cm³/mol. The highest BCUT2D eigenvalue weighted by atomic mass is 16.4. The number of hydrogen-bond donors (Lipinski definition) is 2. The molecule has 3 amide bonds. The number of carbonyl (C=O) groups is 2. The quantitative estimate of drug-likeness (QED) is 0.745. The molecule has 0 aliphatic heterocycles. The number of nitrogens with one attached hydrogen (secondary N) is 1. The summed E-state index contributed by atoms with van der Waals surface area (Å²) in [7, 11) is 0. The van der Waals surface area contributed by atoms with Crippen molar-refractivity contribution in [3.8, 4) is 0 Å². The Morgan fingerprint density at radius 2 is 1.94 bits per heavy atom. The molecule has 1 fully saturated rings. The van der Waals surface area contributed by atoms with Crippen LogP contribution in [-0.4, -0.2) is 34.7 Å². The molecule has 2 N–H and O–H groups in total. The van der Waals surface area contributed by atoms with Crippen LogP contribution in [0, 0.1) is 0 Å². The van der Waals surface area contributed by atoms with Crippen LogP contribution >= 0.6 is 0 Å². The summed E-state index contributed by atoms with van der Waals surface area (Å²) < 4.78 is 0. The monoisotopic (exact) mass is 242 g/mol. The van der Waals surface area contributed by atoms with E-state index in [0.717, 1.165) is 49.8 Å². The molecule has 0 spiro atoms. The molecule has 1 aliphatic rings. The molecule has 1 aliphatic carbocycles. The zero-order valence-corrected chi connectivity index (χ0v) is 10.4. The van der Waals surface area contributed by atoms with Crippen molar-refractivity contribution in [3.63, 3.8) is 0 Å². The van der Waals surface area contributed by atoms with Gasteiger partial charge < -0.3 is 10.4 Å². The summed E-state index contributed by atoms with van der Waals surface area (Å²) in [6.45, 7) is 2.58. The van der Waals surface area contributed by atoms with Gasteiger partial charge in [-0.2, -0.15) is 0 Å². The fourth-order valence-corrected chi connectivity index (χ4v) is 2.21. The van der Waals surface area contributed by atoms with Crippen LogP contribution in [0.15, 0.2) is 0 Å². The highest BCUT2D eigenvalue weighted by molar-refractivity contribution is 5.90. The number of nitrogens with zero attached hydrogens (tertiary/aromatic N) is 1. The van der Waals surface area contributed by atoms with Crippen LogP contribution in [0.5, 0.6) is 0 Å². The summed E-state index contributed by atoms with van der Waals surface area (Å²) in [5.41, 5.74) is 0. The van der Waals surface area contributed by atoms with E-state index in [9.17, 15) is 9.59 Å². The summed E-state index contributed by atoms with van der Waals surface area (Å²) >= 11 is 0. The molecule has 0 bridgehead atoms. The van der Waals surface area contributed by atoms with Gasteiger partial charge >= 0.3 is 12.1 Å². The second kappa shape index (κ2) is 7.14. The molecule has 1 rings (SSSR count). The van der Waals surface area contributed by atoms with Crippen LogP contribution in [0.25, 0.3) is 0 Å². The second-order valence-electron chi connectivity index (χ2n) is 4.53. The van der Waals surface area contributed by atoms with Crippen LogP contribution in [0.3, 0.4) is 0 Å². The smallest absolute Gasteiger partial charge is 0.415 e. The molecule has 0 saturated heterocycles. The Labute approximate surface area is 102 Å². The van der Waals surface area contributed by atoms with E-state index in [4.69, 9.17) is 5.11 Å². The van der Waals surface area contributed by atoms with Crippen molar-refractivity contribution in [2.45, 2.75) is 57.9 Å². The van der Waals surface area contributed by atoms with E-state index in [-0.39, 0.29) is 6.04 Å². The lowest BCUT2D eigenvalue weighted by atomic mass is 9.94. The average Bonchev–Trinajstić information content (AvgIpc) is 2.30. The number of urea groups is 1. The fraction of sp³-hybridized carbons (Fsp3) is 0.833. The van der Waals surface area contributed by atoms with Gasteiger partial charge in [0.25, 0.3) is 0 Å². The van der Waals surface area contributed by atoms with Crippen LogP contribution in [0.1, 0.15) is 51.9 Å². The first-order valence-electron chi connectivity index (χ1n) is 6.46. The number of rotatable bonds is 4. The van der Waals surface area contributed by atoms with Crippen LogP contribution in [0.2, 0.25) is 0 Å². The molecule has 5 heteroatoms. The maximum Gasteiger partial charge on any atom is 0.415 e. The molecule has 98 valence electrons. The number of imide groups is 1. The highest BCUT2D eigenvalue weighted by Crippen LogP contribution is 2.22. The maximum atomic E-state index is 11.8. The van der Waals surface area contributed by atoms with Crippen molar-refractivity contribution < 1.29 is 14.7 Å². The van der Waals surface area contributed by atoms with Gasteiger partial charge in [0.15, 0.2) is 0 Å². The lowest BCUT2D eigenvalue weighted by molar-refractivity contribution is 0.121. The van der Waals surface area contributed by atoms with Crippen molar-refractivity contribution in [2.75, 3.05) is 6.54 Å². The minimum absolute atomic E-state index is 0.136. The molecule has 0 radical (unpaired) electrons. The van der Waals surface area contributed by atoms with E-state index in [0.29, 0.717) is 6.54 Å². The van der Waals surface area contributed by atoms with Gasteiger partial charge in [-0.25, -0.2) is 14.5 Å². The van der Waals surface area contributed by atoms with Gasteiger partial charge in [-0.05, 0) is 19.3 Å². The van der Waals surface area contributed by atoms with E-state index in [1.165, 1.54) is 0 Å². The molecule has 0 unspecified atom stereocenters. The van der Waals surface area contributed by atoms with Crippen molar-refractivity contribution in [1.29, 1.82) is 0 Å². The van der Waals surface area contributed by atoms with Crippen LogP contribution < -0.4 is 5.32 Å². The molecule has 17 heavy (non-hydrogen) atoms. The Morgan fingerprint density at radius 1 is 1.29 bits per heavy atom. The van der Waals surface area contributed by atoms with Gasteiger partial charge in [0.2, 0.25) is 0 Å². The molecular formula is C12H22N2O3. The minimum Gasteiger partial charge on any atom is -0.465 e. The first-order chi connectivity index (χ1) is 8.16. The number of carboxylic acid groups (broad SMARTS) is 1. The largest absolute Gasteiger partial charge is 0.465 e. The number of hydrogen-bond acceptors (Lipinski definition) is 2. The topological polar surface area (TPSA) is 69.6 Å². The molecule has 5 nitrogen and oxygen atoms in total. The lowest BCUT2D eigenvalue weighted by Crippen LogP contribution is -2.49. The molecule has 1 saturated carbocycles. The third-order valence-corrected chi connectivity index (χ3v) is 3.17. The first kappa shape index (κ1) is 13.8. The highest BCUT2D eigenvalue weighted by Gasteiger charge is 2.30. The van der Waals surface area contributed by atoms with Crippen molar-refractivity contribution in [2.24, 2.45) is 0 Å². The molecule has 0 aromatic heterocycles. The van der Waals surface area contributed by atoms with Crippen molar-refractivity contribution in [3.05, 3.63) is 0 Å². The van der Waals surface area contributed by atoms with Crippen molar-refractivity contribution >= 4 is 12.1 Å². The average molecular weight is 242 g/mol. The van der Waals surface area contributed by atoms with Crippen LogP contribution in [0.4, 0.5) is 9.59 Å². The Morgan fingerprint density at radius 3 is 2.47 bits per heavy atom. The summed E-state index contributed by atoms with van der Waals surface area (Å²) in [5.74, 6) is 0. The van der Waals surface area contributed by atoms with Crippen LogP contribution in [-0.2, 0) is 0 Å². The van der Waals surface area contributed by atoms with Gasteiger partial charge in [0.05, 0.1) is 0 Å². The molecular weight excluding hydrogens is 220 g/mol.